The third-order valence-electron chi connectivity index (χ3n) is 5.19. The molecule has 31 heavy (non-hydrogen) atoms. The quantitative estimate of drug-likeness (QED) is 0.783. The first-order valence-corrected chi connectivity index (χ1v) is 9.59. The van der Waals surface area contributed by atoms with E-state index in [-0.39, 0.29) is 23.9 Å². The molecule has 10 heteroatoms. The Labute approximate surface area is 176 Å². The van der Waals surface area contributed by atoms with Crippen molar-refractivity contribution in [2.75, 3.05) is 11.4 Å². The monoisotopic (exact) mass is 435 g/mol. The largest absolute Gasteiger partial charge is 0.490 e. The van der Waals surface area contributed by atoms with E-state index < -0.39 is 12.1 Å². The number of benzene rings is 1. The Morgan fingerprint density at radius 2 is 1.65 bits per heavy atom. The maximum atomic E-state index is 12.8. The first-order chi connectivity index (χ1) is 14.7. The molecular formula is C21H20F3N3O4. The van der Waals surface area contributed by atoms with Crippen LogP contribution in [0.5, 0.6) is 0 Å². The molecule has 2 fully saturated rings. The minimum Gasteiger partial charge on any atom is -0.475 e. The number of anilines is 1. The van der Waals surface area contributed by atoms with Crippen molar-refractivity contribution in [3.05, 3.63) is 60.4 Å². The van der Waals surface area contributed by atoms with E-state index in [2.05, 4.69) is 4.98 Å². The van der Waals surface area contributed by atoms with E-state index in [0.717, 1.165) is 18.5 Å². The summed E-state index contributed by atoms with van der Waals surface area (Å²) in [6, 6.07) is 15.3. The van der Waals surface area contributed by atoms with Gasteiger partial charge < -0.3 is 14.9 Å². The second-order valence-electron chi connectivity index (χ2n) is 7.08. The lowest BCUT2D eigenvalue weighted by atomic mass is 9.95. The smallest absolute Gasteiger partial charge is 0.475 e. The molecular weight excluding hydrogens is 415 g/mol. The van der Waals surface area contributed by atoms with Crippen molar-refractivity contribution in [2.45, 2.75) is 37.5 Å². The number of nitrogens with zero attached hydrogens (tertiary/aromatic N) is 3. The minimum absolute atomic E-state index is 0.0366. The molecule has 0 bridgehead atoms. The van der Waals surface area contributed by atoms with Gasteiger partial charge in [-0.2, -0.15) is 13.2 Å². The summed E-state index contributed by atoms with van der Waals surface area (Å²) in [7, 11) is 0. The Kier molecular flexibility index (Phi) is 6.57. The number of likely N-dealkylation sites (tertiary alicyclic amines) is 1. The van der Waals surface area contributed by atoms with E-state index in [1.807, 2.05) is 46.2 Å². The highest BCUT2D eigenvalue weighted by Crippen LogP contribution is 2.35. The summed E-state index contributed by atoms with van der Waals surface area (Å²) in [6.45, 7) is 0.668. The zero-order chi connectivity index (χ0) is 22.6. The van der Waals surface area contributed by atoms with E-state index in [9.17, 15) is 22.8 Å². The Hall–Kier alpha value is -3.43. The zero-order valence-corrected chi connectivity index (χ0v) is 16.3. The van der Waals surface area contributed by atoms with Gasteiger partial charge in [-0.25, -0.2) is 4.79 Å². The molecule has 1 N–H and O–H groups in total. The summed E-state index contributed by atoms with van der Waals surface area (Å²) in [5.74, 6) is -2.65. The molecule has 2 aromatic rings. The van der Waals surface area contributed by atoms with Crippen LogP contribution in [-0.2, 0) is 9.59 Å². The number of amides is 2. The normalized spacial score (nSPS) is 20.5. The second kappa shape index (κ2) is 9.15. The average molecular weight is 435 g/mol. The number of aliphatic carboxylic acids is 1. The lowest BCUT2D eigenvalue weighted by Crippen LogP contribution is -2.53. The summed E-state index contributed by atoms with van der Waals surface area (Å²) in [6.07, 6.45) is -1.43. The number of carboxylic acid groups (broad SMARTS) is 1. The van der Waals surface area contributed by atoms with Crippen LogP contribution < -0.4 is 4.90 Å². The van der Waals surface area contributed by atoms with Gasteiger partial charge in [0.05, 0.1) is 12.1 Å². The lowest BCUT2D eigenvalue weighted by Gasteiger charge is -2.39. The average Bonchev–Trinajstić information content (AvgIpc) is 3.18. The number of carboxylic acids is 1. The molecule has 4 rings (SSSR count). The highest BCUT2D eigenvalue weighted by molar-refractivity contribution is 5.97. The molecule has 7 nitrogen and oxygen atoms in total. The first-order valence-electron chi connectivity index (χ1n) is 9.59. The van der Waals surface area contributed by atoms with Crippen molar-refractivity contribution in [3.8, 4) is 0 Å². The van der Waals surface area contributed by atoms with E-state index >= 15 is 0 Å². The van der Waals surface area contributed by atoms with Gasteiger partial charge in [0.1, 0.15) is 5.69 Å². The molecule has 1 aromatic heterocycles. The third-order valence-corrected chi connectivity index (χ3v) is 5.19. The van der Waals surface area contributed by atoms with Crippen LogP contribution in [0.4, 0.5) is 18.9 Å². The van der Waals surface area contributed by atoms with Crippen LogP contribution in [0.15, 0.2) is 54.7 Å². The summed E-state index contributed by atoms with van der Waals surface area (Å²) < 4.78 is 31.7. The Morgan fingerprint density at radius 1 is 1.00 bits per heavy atom. The maximum Gasteiger partial charge on any atom is 0.490 e. The van der Waals surface area contributed by atoms with Crippen LogP contribution >= 0.6 is 0 Å². The molecule has 0 unspecified atom stereocenters. The molecule has 0 aliphatic carbocycles. The van der Waals surface area contributed by atoms with Crippen LogP contribution in [0.1, 0.15) is 29.8 Å². The molecule has 0 radical (unpaired) electrons. The number of hydrogen-bond acceptors (Lipinski definition) is 4. The van der Waals surface area contributed by atoms with Crippen molar-refractivity contribution in [1.29, 1.82) is 0 Å². The predicted molar refractivity (Wildman–Crippen MR) is 104 cm³/mol. The number of para-hydroxylation sites is 1. The summed E-state index contributed by atoms with van der Waals surface area (Å²) in [5.41, 5.74) is 1.39. The lowest BCUT2D eigenvalue weighted by molar-refractivity contribution is -0.192. The number of carbonyl (C=O) groups is 3. The number of hydrogen-bond donors (Lipinski definition) is 1. The molecule has 2 aliphatic heterocycles. The van der Waals surface area contributed by atoms with E-state index in [4.69, 9.17) is 9.90 Å². The van der Waals surface area contributed by atoms with Gasteiger partial charge in [-0.3, -0.25) is 14.6 Å². The molecule has 2 atom stereocenters. The van der Waals surface area contributed by atoms with E-state index in [1.54, 1.807) is 18.3 Å². The summed E-state index contributed by atoms with van der Waals surface area (Å²) >= 11 is 0. The Morgan fingerprint density at radius 3 is 2.23 bits per heavy atom. The van der Waals surface area contributed by atoms with Gasteiger partial charge in [-0.15, -0.1) is 0 Å². The fourth-order valence-electron chi connectivity index (χ4n) is 3.88. The molecule has 0 saturated carbocycles. The molecule has 1 aromatic carbocycles. The fourth-order valence-corrected chi connectivity index (χ4v) is 3.88. The maximum absolute atomic E-state index is 12.8. The van der Waals surface area contributed by atoms with Crippen LogP contribution in [0.25, 0.3) is 0 Å². The van der Waals surface area contributed by atoms with Crippen molar-refractivity contribution in [3.63, 3.8) is 0 Å². The van der Waals surface area contributed by atoms with E-state index in [0.29, 0.717) is 18.7 Å². The van der Waals surface area contributed by atoms with Gasteiger partial charge in [0.2, 0.25) is 5.91 Å². The van der Waals surface area contributed by atoms with Gasteiger partial charge in [-0.1, -0.05) is 24.3 Å². The van der Waals surface area contributed by atoms with E-state index in [1.165, 1.54) is 0 Å². The SMILES string of the molecule is O=C(O)C(F)(F)F.O=C(c1ccccn1)N1CC[C@@H]2[C@H]1CCC(=O)N2c1ccccc1. The van der Waals surface area contributed by atoms with Crippen molar-refractivity contribution in [2.24, 2.45) is 0 Å². The molecule has 2 amide bonds. The van der Waals surface area contributed by atoms with Crippen LogP contribution in [0, 0.1) is 0 Å². The van der Waals surface area contributed by atoms with Crippen LogP contribution in [0.3, 0.4) is 0 Å². The van der Waals surface area contributed by atoms with Crippen LogP contribution in [0.2, 0.25) is 0 Å². The van der Waals surface area contributed by atoms with Crippen molar-refractivity contribution < 1.29 is 32.7 Å². The topological polar surface area (TPSA) is 90.8 Å². The number of aromatic nitrogens is 1. The molecule has 2 aliphatic rings. The Bertz CT molecular complexity index is 938. The standard InChI is InChI=1S/C19H19N3O2.C2HF3O2/c23-18-10-9-16-17(22(18)14-6-2-1-3-7-14)11-13-21(16)19(24)15-8-4-5-12-20-15;3-2(4,5)1(6)7/h1-8,12,16-17H,9-11,13H2;(H,6,7)/t16-,17-;/m1./s1. The summed E-state index contributed by atoms with van der Waals surface area (Å²) in [5, 5.41) is 7.12. The Balaban J connectivity index is 0.000000339. The highest BCUT2D eigenvalue weighted by atomic mass is 19.4. The minimum atomic E-state index is -5.08. The number of carbonyl (C=O) groups excluding carboxylic acids is 2. The fraction of sp³-hybridized carbons (Fsp3) is 0.333. The molecule has 0 spiro atoms. The number of alkyl halides is 3. The number of fused-ring (bicyclic) bond motifs is 1. The number of pyridine rings is 1. The molecule has 164 valence electrons. The summed E-state index contributed by atoms with van der Waals surface area (Å²) in [4.78, 5) is 42.1. The molecule has 3 heterocycles. The number of rotatable bonds is 2. The van der Waals surface area contributed by atoms with Gasteiger partial charge in [-0.05, 0) is 37.1 Å². The van der Waals surface area contributed by atoms with Gasteiger partial charge in [0.25, 0.3) is 5.91 Å². The molecule has 2 saturated heterocycles. The zero-order valence-electron chi connectivity index (χ0n) is 16.3. The first kappa shape index (κ1) is 22.3. The van der Waals surface area contributed by atoms with Crippen molar-refractivity contribution >= 4 is 23.5 Å². The third kappa shape index (κ3) is 5.01. The van der Waals surface area contributed by atoms with Gasteiger partial charge in [0.15, 0.2) is 0 Å². The van der Waals surface area contributed by atoms with Crippen molar-refractivity contribution in [1.82, 2.24) is 9.88 Å². The number of halogens is 3. The second-order valence-corrected chi connectivity index (χ2v) is 7.08. The van der Waals surface area contributed by atoms with Crippen LogP contribution in [-0.4, -0.2) is 57.6 Å². The predicted octanol–water partition coefficient (Wildman–Crippen LogP) is 3.13. The van der Waals surface area contributed by atoms with Gasteiger partial charge >= 0.3 is 12.1 Å². The number of piperidine rings is 1. The highest BCUT2D eigenvalue weighted by Gasteiger charge is 2.45. The van der Waals surface area contributed by atoms with Gasteiger partial charge in [0, 0.05) is 24.8 Å².